The summed E-state index contributed by atoms with van der Waals surface area (Å²) in [6.45, 7) is 10.9. The first kappa shape index (κ1) is 27.3. The Morgan fingerprint density at radius 2 is 1.59 bits per heavy atom. The molecule has 0 aromatic heterocycles. The number of carbonyl (C=O) groups is 4. The van der Waals surface area contributed by atoms with Gasteiger partial charge in [-0.15, -0.1) is 0 Å². The van der Waals surface area contributed by atoms with Gasteiger partial charge in [0.15, 0.2) is 17.6 Å². The number of hydrogen-bond acceptors (Lipinski definition) is 10. The number of benzene rings is 2. The third kappa shape index (κ3) is 6.27. The molecule has 0 bridgehead atoms. The van der Waals surface area contributed by atoms with Crippen molar-refractivity contribution in [2.24, 2.45) is 0 Å². The van der Waals surface area contributed by atoms with Crippen LogP contribution in [0.15, 0.2) is 43.0 Å². The molecule has 0 saturated carbocycles. The number of ketones is 1. The molecular formula is C27H28O10. The third-order valence-electron chi connectivity index (χ3n) is 5.26. The number of Topliss-reactive ketones (excluding diaryl/α,β-unsaturated/α-hetero) is 1. The van der Waals surface area contributed by atoms with Crippen molar-refractivity contribution in [1.29, 1.82) is 0 Å². The predicted molar refractivity (Wildman–Crippen MR) is 130 cm³/mol. The van der Waals surface area contributed by atoms with Crippen LogP contribution in [0.25, 0.3) is 0 Å². The molecule has 37 heavy (non-hydrogen) atoms. The van der Waals surface area contributed by atoms with Gasteiger partial charge in [0.25, 0.3) is 0 Å². The number of hydrogen-bond donors (Lipinski definition) is 0. The highest BCUT2D eigenvalue weighted by atomic mass is 16.6. The van der Waals surface area contributed by atoms with E-state index in [4.69, 9.17) is 28.4 Å². The van der Waals surface area contributed by atoms with Crippen LogP contribution in [0.3, 0.4) is 0 Å². The second kappa shape index (κ2) is 10.7. The lowest BCUT2D eigenvalue weighted by atomic mass is 9.92. The number of carbonyl (C=O) groups excluding carboxylic acids is 4. The van der Waals surface area contributed by atoms with Gasteiger partial charge < -0.3 is 28.4 Å². The van der Waals surface area contributed by atoms with Crippen LogP contribution in [-0.4, -0.2) is 42.5 Å². The van der Waals surface area contributed by atoms with Crippen molar-refractivity contribution in [3.8, 4) is 28.7 Å². The van der Waals surface area contributed by atoms with E-state index in [0.717, 1.165) is 6.92 Å². The van der Waals surface area contributed by atoms with Crippen molar-refractivity contribution in [3.63, 3.8) is 0 Å². The van der Waals surface area contributed by atoms with Crippen LogP contribution in [-0.2, 0) is 19.1 Å². The van der Waals surface area contributed by atoms with E-state index in [2.05, 4.69) is 6.58 Å². The number of ether oxygens (including phenoxy) is 6. The Bertz CT molecular complexity index is 1260. The van der Waals surface area contributed by atoms with Gasteiger partial charge in [0.1, 0.15) is 28.4 Å². The highest BCUT2D eigenvalue weighted by Crippen LogP contribution is 2.45. The van der Waals surface area contributed by atoms with Crippen LogP contribution in [0, 0.1) is 0 Å². The van der Waals surface area contributed by atoms with E-state index in [1.54, 1.807) is 26.0 Å². The first-order chi connectivity index (χ1) is 17.3. The molecule has 3 rings (SSSR count). The molecule has 0 saturated heterocycles. The van der Waals surface area contributed by atoms with Crippen LogP contribution in [0.2, 0.25) is 0 Å². The Hall–Kier alpha value is -4.34. The zero-order chi connectivity index (χ0) is 27.5. The minimum absolute atomic E-state index is 0.0510. The second-order valence-corrected chi connectivity index (χ2v) is 8.73. The van der Waals surface area contributed by atoms with Gasteiger partial charge in [-0.1, -0.05) is 12.6 Å². The first-order valence-electron chi connectivity index (χ1n) is 11.3. The van der Waals surface area contributed by atoms with Crippen molar-refractivity contribution >= 4 is 23.7 Å². The second-order valence-electron chi connectivity index (χ2n) is 8.73. The largest absolute Gasteiger partial charge is 0.493 e. The maximum absolute atomic E-state index is 13.7. The maximum Gasteiger partial charge on any atom is 0.308 e. The van der Waals surface area contributed by atoms with Crippen molar-refractivity contribution in [3.05, 3.63) is 54.1 Å². The predicted octanol–water partition coefficient (Wildman–Crippen LogP) is 4.14. The Morgan fingerprint density at radius 1 is 0.946 bits per heavy atom. The third-order valence-corrected chi connectivity index (χ3v) is 5.26. The molecule has 0 N–H and O–H groups in total. The molecule has 1 aliphatic heterocycles. The average molecular weight is 513 g/mol. The standard InChI is InChI=1S/C27H28O10/c1-8-27(5,6)37-18-12-21(34-15(3)29)23-22(13-18)36-25(26(24(23)31)35-16(4)30)17-9-10-19(33-14(2)28)20(11-17)32-7/h8-13,25-26H,1H2,2-7H3. The van der Waals surface area contributed by atoms with E-state index >= 15 is 0 Å². The minimum Gasteiger partial charge on any atom is -0.493 e. The summed E-state index contributed by atoms with van der Waals surface area (Å²) in [7, 11) is 1.38. The van der Waals surface area contributed by atoms with E-state index in [1.165, 1.54) is 45.2 Å². The Kier molecular flexibility index (Phi) is 7.90. The molecule has 2 aromatic carbocycles. The molecule has 2 aromatic rings. The molecule has 0 fully saturated rings. The lowest BCUT2D eigenvalue weighted by Crippen LogP contribution is -2.40. The number of esters is 3. The summed E-state index contributed by atoms with van der Waals surface area (Å²) in [6, 6.07) is 7.39. The van der Waals surface area contributed by atoms with Gasteiger partial charge in [-0.05, 0) is 32.1 Å². The van der Waals surface area contributed by atoms with Crippen molar-refractivity contribution in [2.45, 2.75) is 52.4 Å². The molecular weight excluding hydrogens is 484 g/mol. The highest BCUT2D eigenvalue weighted by molar-refractivity contribution is 6.07. The van der Waals surface area contributed by atoms with Crippen LogP contribution < -0.4 is 23.7 Å². The smallest absolute Gasteiger partial charge is 0.308 e. The lowest BCUT2D eigenvalue weighted by molar-refractivity contribution is -0.149. The molecule has 10 heteroatoms. The summed E-state index contributed by atoms with van der Waals surface area (Å²) in [5, 5.41) is 0. The van der Waals surface area contributed by atoms with Crippen LogP contribution in [0.4, 0.5) is 0 Å². The zero-order valence-corrected chi connectivity index (χ0v) is 21.4. The number of rotatable bonds is 8. The Morgan fingerprint density at radius 3 is 2.16 bits per heavy atom. The van der Waals surface area contributed by atoms with Gasteiger partial charge in [-0.25, -0.2) is 0 Å². The SMILES string of the molecule is C=CC(C)(C)Oc1cc(OC(C)=O)c2c(c1)OC(c1ccc(OC(C)=O)c(OC)c1)C(OC(C)=O)C2=O. The van der Waals surface area contributed by atoms with Crippen molar-refractivity contribution in [1.82, 2.24) is 0 Å². The first-order valence-corrected chi connectivity index (χ1v) is 11.3. The van der Waals surface area contributed by atoms with E-state index in [1.807, 2.05) is 0 Å². The highest BCUT2D eigenvalue weighted by Gasteiger charge is 2.43. The molecule has 2 atom stereocenters. The summed E-state index contributed by atoms with van der Waals surface area (Å²) in [5.74, 6) is -2.04. The molecule has 1 heterocycles. The van der Waals surface area contributed by atoms with E-state index < -0.39 is 41.5 Å². The summed E-state index contributed by atoms with van der Waals surface area (Å²) >= 11 is 0. The summed E-state index contributed by atoms with van der Waals surface area (Å²) < 4.78 is 33.2. The van der Waals surface area contributed by atoms with Gasteiger partial charge in [-0.2, -0.15) is 0 Å². The van der Waals surface area contributed by atoms with Crippen LogP contribution in [0.5, 0.6) is 28.7 Å². The number of fused-ring (bicyclic) bond motifs is 1. The number of methoxy groups -OCH3 is 1. The fourth-order valence-corrected chi connectivity index (χ4v) is 3.66. The summed E-state index contributed by atoms with van der Waals surface area (Å²) in [4.78, 5) is 48.8. The Balaban J connectivity index is 2.17. The van der Waals surface area contributed by atoms with Gasteiger partial charge in [-0.3, -0.25) is 19.2 Å². The van der Waals surface area contributed by atoms with Crippen LogP contribution >= 0.6 is 0 Å². The topological polar surface area (TPSA) is 124 Å². The minimum atomic E-state index is -1.42. The normalized spacial score (nSPS) is 16.5. The molecule has 0 amide bonds. The zero-order valence-electron chi connectivity index (χ0n) is 21.4. The molecule has 0 aliphatic carbocycles. The maximum atomic E-state index is 13.7. The molecule has 2 unspecified atom stereocenters. The van der Waals surface area contributed by atoms with Gasteiger partial charge in [0.2, 0.25) is 11.9 Å². The summed E-state index contributed by atoms with van der Waals surface area (Å²) in [6.07, 6.45) is -0.947. The lowest BCUT2D eigenvalue weighted by Gasteiger charge is -2.33. The Labute approximate surface area is 214 Å². The van der Waals surface area contributed by atoms with Gasteiger partial charge in [0.05, 0.1) is 7.11 Å². The fourth-order valence-electron chi connectivity index (χ4n) is 3.66. The molecule has 1 aliphatic rings. The molecule has 196 valence electrons. The fraction of sp³-hybridized carbons (Fsp3) is 0.333. The molecule has 0 spiro atoms. The quantitative estimate of drug-likeness (QED) is 0.290. The monoisotopic (exact) mass is 512 g/mol. The van der Waals surface area contributed by atoms with E-state index in [9.17, 15) is 19.2 Å². The van der Waals surface area contributed by atoms with Gasteiger partial charge in [0, 0.05) is 38.5 Å². The molecule has 0 radical (unpaired) electrons. The van der Waals surface area contributed by atoms with Crippen molar-refractivity contribution < 1.29 is 47.6 Å². The van der Waals surface area contributed by atoms with Crippen LogP contribution in [0.1, 0.15) is 56.6 Å². The summed E-state index contributed by atoms with van der Waals surface area (Å²) in [5.41, 5.74) is -0.477. The average Bonchev–Trinajstić information content (AvgIpc) is 2.79. The van der Waals surface area contributed by atoms with Crippen molar-refractivity contribution in [2.75, 3.05) is 7.11 Å². The van der Waals surface area contributed by atoms with Gasteiger partial charge >= 0.3 is 17.9 Å². The molecule has 10 nitrogen and oxygen atoms in total. The van der Waals surface area contributed by atoms with E-state index in [-0.39, 0.29) is 34.3 Å². The van der Waals surface area contributed by atoms with E-state index in [0.29, 0.717) is 5.56 Å².